The van der Waals surface area contributed by atoms with E-state index in [0.29, 0.717) is 0 Å². The second-order valence-electron chi connectivity index (χ2n) is 4.58. The van der Waals surface area contributed by atoms with Crippen LogP contribution in [0.3, 0.4) is 0 Å². The molecule has 0 saturated heterocycles. The zero-order valence-corrected chi connectivity index (χ0v) is 11.2. The summed E-state index contributed by atoms with van der Waals surface area (Å²) in [7, 11) is -3.94. The summed E-state index contributed by atoms with van der Waals surface area (Å²) in [5, 5.41) is 8.83. The Morgan fingerprint density at radius 3 is 2.53 bits per heavy atom. The number of hydrogen-bond acceptors (Lipinski definition) is 3. The first kappa shape index (κ1) is 14.0. The molecule has 2 rings (SSSR count). The minimum absolute atomic E-state index is 0.191. The van der Waals surface area contributed by atoms with Crippen molar-refractivity contribution in [1.82, 2.24) is 4.31 Å². The number of nitriles is 1. The second-order valence-corrected chi connectivity index (χ2v) is 6.44. The normalized spacial score (nSPS) is 16.7. The highest BCUT2D eigenvalue weighted by molar-refractivity contribution is 7.89. The van der Waals surface area contributed by atoms with Gasteiger partial charge in [0.1, 0.15) is 17.3 Å². The average molecular weight is 282 g/mol. The lowest BCUT2D eigenvalue weighted by Crippen LogP contribution is -2.39. The Hall–Kier alpha value is -1.45. The minimum Gasteiger partial charge on any atom is -0.207 e. The predicted molar refractivity (Wildman–Crippen MR) is 68.2 cm³/mol. The molecule has 0 amide bonds. The van der Waals surface area contributed by atoms with E-state index in [9.17, 15) is 12.8 Å². The first-order chi connectivity index (χ1) is 9.07. The van der Waals surface area contributed by atoms with Crippen molar-refractivity contribution in [3.63, 3.8) is 0 Å². The van der Waals surface area contributed by atoms with Gasteiger partial charge in [-0.3, -0.25) is 0 Å². The average Bonchev–Trinajstić information content (AvgIpc) is 2.89. The van der Waals surface area contributed by atoms with E-state index in [1.165, 1.54) is 18.2 Å². The molecule has 0 bridgehead atoms. The van der Waals surface area contributed by atoms with Crippen LogP contribution in [0, 0.1) is 17.1 Å². The standard InChI is InChI=1S/C13H15FN2O2S/c14-12-7-3-4-8-13(12)19(17,18)16(10-9-15)11-5-1-2-6-11/h3-4,7-8,11H,1-2,5-6,10H2. The molecule has 102 valence electrons. The van der Waals surface area contributed by atoms with Gasteiger partial charge in [-0.05, 0) is 25.0 Å². The summed E-state index contributed by atoms with van der Waals surface area (Å²) < 4.78 is 39.8. The summed E-state index contributed by atoms with van der Waals surface area (Å²) in [6.45, 7) is -0.235. The van der Waals surface area contributed by atoms with Gasteiger partial charge in [-0.15, -0.1) is 0 Å². The third kappa shape index (κ3) is 2.77. The molecule has 1 aromatic carbocycles. The smallest absolute Gasteiger partial charge is 0.207 e. The highest BCUT2D eigenvalue weighted by Gasteiger charge is 2.34. The zero-order valence-electron chi connectivity index (χ0n) is 10.4. The van der Waals surface area contributed by atoms with Gasteiger partial charge in [-0.25, -0.2) is 12.8 Å². The van der Waals surface area contributed by atoms with Gasteiger partial charge in [0.15, 0.2) is 0 Å². The van der Waals surface area contributed by atoms with Gasteiger partial charge in [-0.1, -0.05) is 25.0 Å². The maximum absolute atomic E-state index is 13.7. The topological polar surface area (TPSA) is 61.2 Å². The molecule has 0 radical (unpaired) electrons. The van der Waals surface area contributed by atoms with Crippen LogP contribution >= 0.6 is 0 Å². The van der Waals surface area contributed by atoms with Crippen LogP contribution in [0.5, 0.6) is 0 Å². The van der Waals surface area contributed by atoms with E-state index in [0.717, 1.165) is 36.1 Å². The summed E-state index contributed by atoms with van der Waals surface area (Å²) in [6.07, 6.45) is 3.35. The van der Waals surface area contributed by atoms with E-state index in [2.05, 4.69) is 0 Å². The molecular formula is C13H15FN2O2S. The lowest BCUT2D eigenvalue weighted by Gasteiger charge is -2.25. The molecule has 0 N–H and O–H groups in total. The van der Waals surface area contributed by atoms with Crippen molar-refractivity contribution in [2.24, 2.45) is 0 Å². The quantitative estimate of drug-likeness (QED) is 0.796. The van der Waals surface area contributed by atoms with E-state index < -0.39 is 15.8 Å². The monoisotopic (exact) mass is 282 g/mol. The lowest BCUT2D eigenvalue weighted by molar-refractivity contribution is 0.348. The fourth-order valence-corrected chi connectivity index (χ4v) is 4.10. The Bertz CT molecular complexity index is 589. The molecule has 1 aliphatic rings. The van der Waals surface area contributed by atoms with E-state index in [-0.39, 0.29) is 17.5 Å². The number of halogens is 1. The molecular weight excluding hydrogens is 267 g/mol. The van der Waals surface area contributed by atoms with Crippen LogP contribution in [0.15, 0.2) is 29.2 Å². The first-order valence-corrected chi connectivity index (χ1v) is 7.64. The van der Waals surface area contributed by atoms with E-state index >= 15 is 0 Å². The minimum atomic E-state index is -3.94. The van der Waals surface area contributed by atoms with Crippen LogP contribution in [0.2, 0.25) is 0 Å². The van der Waals surface area contributed by atoms with Crippen LogP contribution in [0.1, 0.15) is 25.7 Å². The van der Waals surface area contributed by atoms with Crippen LogP contribution in [0.4, 0.5) is 4.39 Å². The molecule has 0 aliphatic heterocycles. The summed E-state index contributed by atoms with van der Waals surface area (Å²) in [5.41, 5.74) is 0. The maximum atomic E-state index is 13.7. The first-order valence-electron chi connectivity index (χ1n) is 6.20. The molecule has 0 spiro atoms. The molecule has 1 aromatic rings. The molecule has 1 fully saturated rings. The van der Waals surface area contributed by atoms with Gasteiger partial charge in [-0.2, -0.15) is 9.57 Å². The summed E-state index contributed by atoms with van der Waals surface area (Å²) in [4.78, 5) is -0.350. The van der Waals surface area contributed by atoms with Crippen LogP contribution in [-0.4, -0.2) is 25.3 Å². The van der Waals surface area contributed by atoms with E-state index in [4.69, 9.17) is 5.26 Å². The van der Waals surface area contributed by atoms with Crippen molar-refractivity contribution < 1.29 is 12.8 Å². The Balaban J connectivity index is 2.40. The van der Waals surface area contributed by atoms with Gasteiger partial charge in [0.25, 0.3) is 0 Å². The van der Waals surface area contributed by atoms with Crippen LogP contribution in [-0.2, 0) is 10.0 Å². The van der Waals surface area contributed by atoms with Crippen molar-refractivity contribution in [3.05, 3.63) is 30.1 Å². The number of hydrogen-bond donors (Lipinski definition) is 0. The zero-order chi connectivity index (χ0) is 13.9. The maximum Gasteiger partial charge on any atom is 0.247 e. The van der Waals surface area contributed by atoms with Gasteiger partial charge in [0.2, 0.25) is 10.0 Å². The van der Waals surface area contributed by atoms with E-state index in [1.54, 1.807) is 0 Å². The predicted octanol–water partition coefficient (Wildman–Crippen LogP) is 2.28. The SMILES string of the molecule is N#CCN(C1CCCC1)S(=O)(=O)c1ccccc1F. The lowest BCUT2D eigenvalue weighted by atomic mass is 10.2. The Morgan fingerprint density at radius 2 is 1.95 bits per heavy atom. The largest absolute Gasteiger partial charge is 0.247 e. The fraction of sp³-hybridized carbons (Fsp3) is 0.462. The van der Waals surface area contributed by atoms with Gasteiger partial charge >= 0.3 is 0 Å². The van der Waals surface area contributed by atoms with Crippen molar-refractivity contribution in [1.29, 1.82) is 5.26 Å². The molecule has 19 heavy (non-hydrogen) atoms. The van der Waals surface area contributed by atoms with Crippen LogP contribution < -0.4 is 0 Å². The molecule has 4 nitrogen and oxygen atoms in total. The molecule has 1 aliphatic carbocycles. The Labute approximate surface area is 112 Å². The van der Waals surface area contributed by atoms with Crippen molar-refractivity contribution in [2.45, 2.75) is 36.6 Å². The van der Waals surface area contributed by atoms with Crippen molar-refractivity contribution in [2.75, 3.05) is 6.54 Å². The van der Waals surface area contributed by atoms with Gasteiger partial charge in [0.05, 0.1) is 6.07 Å². The van der Waals surface area contributed by atoms with Gasteiger partial charge in [0, 0.05) is 6.04 Å². The number of rotatable bonds is 4. The number of sulfonamides is 1. The molecule has 0 heterocycles. The third-order valence-electron chi connectivity index (χ3n) is 3.38. The molecule has 6 heteroatoms. The second kappa shape index (κ2) is 5.68. The highest BCUT2D eigenvalue weighted by atomic mass is 32.2. The molecule has 0 atom stereocenters. The van der Waals surface area contributed by atoms with E-state index in [1.807, 2.05) is 6.07 Å². The molecule has 0 aromatic heterocycles. The summed E-state index contributed by atoms with van der Waals surface area (Å²) in [5.74, 6) is -0.775. The van der Waals surface area contributed by atoms with Crippen LogP contribution in [0.25, 0.3) is 0 Å². The third-order valence-corrected chi connectivity index (χ3v) is 5.31. The van der Waals surface area contributed by atoms with Gasteiger partial charge < -0.3 is 0 Å². The van der Waals surface area contributed by atoms with Crippen molar-refractivity contribution >= 4 is 10.0 Å². The number of benzene rings is 1. The fourth-order valence-electron chi connectivity index (χ4n) is 2.45. The Kier molecular flexibility index (Phi) is 4.17. The Morgan fingerprint density at radius 1 is 1.32 bits per heavy atom. The number of nitrogens with zero attached hydrogens (tertiary/aromatic N) is 2. The summed E-state index contributed by atoms with van der Waals surface area (Å²) in [6, 6.07) is 6.96. The molecule has 1 saturated carbocycles. The highest BCUT2D eigenvalue weighted by Crippen LogP contribution is 2.29. The summed E-state index contributed by atoms with van der Waals surface area (Å²) >= 11 is 0. The van der Waals surface area contributed by atoms with Crippen molar-refractivity contribution in [3.8, 4) is 6.07 Å². The molecule has 0 unspecified atom stereocenters.